The van der Waals surface area contributed by atoms with E-state index in [1.807, 2.05) is 35.7 Å². The number of hydrogen-bond donors (Lipinski definition) is 0. The van der Waals surface area contributed by atoms with Crippen molar-refractivity contribution >= 4 is 27.3 Å². The molecule has 1 aliphatic heterocycles. The van der Waals surface area contributed by atoms with E-state index >= 15 is 0 Å². The highest BCUT2D eigenvalue weighted by Gasteiger charge is 2.26. The molecular weight excluding hydrogens is 420 g/mol. The first-order valence-electron chi connectivity index (χ1n) is 9.81. The normalized spacial score (nSPS) is 15.1. The highest BCUT2D eigenvalue weighted by molar-refractivity contribution is 7.89. The van der Waals surface area contributed by atoms with Crippen LogP contribution < -0.4 is 0 Å². The van der Waals surface area contributed by atoms with Crippen LogP contribution in [-0.2, 0) is 21.4 Å². The van der Waals surface area contributed by atoms with Gasteiger partial charge in [0.15, 0.2) is 0 Å². The highest BCUT2D eigenvalue weighted by atomic mass is 32.2. The van der Waals surface area contributed by atoms with Crippen LogP contribution in [0.2, 0.25) is 0 Å². The lowest BCUT2D eigenvalue weighted by atomic mass is 10.2. The molecule has 0 saturated carbocycles. The van der Waals surface area contributed by atoms with Crippen LogP contribution in [0, 0.1) is 0 Å². The number of ether oxygens (including phenoxy) is 1. The Labute approximate surface area is 180 Å². The van der Waals surface area contributed by atoms with Crippen LogP contribution in [-0.4, -0.2) is 36.8 Å². The second kappa shape index (κ2) is 9.07. The van der Waals surface area contributed by atoms with Gasteiger partial charge in [-0.25, -0.2) is 18.2 Å². The average Bonchev–Trinajstić information content (AvgIpc) is 3.28. The predicted octanol–water partition coefficient (Wildman–Crippen LogP) is 4.34. The number of rotatable bonds is 6. The fourth-order valence-corrected chi connectivity index (χ4v) is 5.65. The van der Waals surface area contributed by atoms with E-state index in [1.165, 1.54) is 39.9 Å². The Hall–Kier alpha value is -2.55. The van der Waals surface area contributed by atoms with Gasteiger partial charge in [-0.3, -0.25) is 0 Å². The summed E-state index contributed by atoms with van der Waals surface area (Å²) in [5, 5.41) is 2.73. The van der Waals surface area contributed by atoms with Crippen LogP contribution >= 0.6 is 11.3 Å². The maximum atomic E-state index is 12.7. The van der Waals surface area contributed by atoms with Crippen molar-refractivity contribution < 1.29 is 17.9 Å². The van der Waals surface area contributed by atoms with Crippen molar-refractivity contribution in [1.29, 1.82) is 0 Å². The van der Waals surface area contributed by atoms with E-state index in [2.05, 4.69) is 4.98 Å². The van der Waals surface area contributed by atoms with Crippen LogP contribution in [0.5, 0.6) is 0 Å². The lowest BCUT2D eigenvalue weighted by Gasteiger charge is -2.25. The average molecular weight is 443 g/mol. The fraction of sp³-hybridized carbons (Fsp3) is 0.273. The number of aromatic nitrogens is 1. The molecule has 0 aliphatic carbocycles. The molecule has 1 fully saturated rings. The molecule has 0 atom stereocenters. The van der Waals surface area contributed by atoms with Gasteiger partial charge in [-0.15, -0.1) is 11.3 Å². The summed E-state index contributed by atoms with van der Waals surface area (Å²) in [6.07, 6.45) is 2.82. The number of nitrogens with zero attached hydrogens (tertiary/aromatic N) is 2. The van der Waals surface area contributed by atoms with Gasteiger partial charge in [0.1, 0.15) is 11.6 Å². The predicted molar refractivity (Wildman–Crippen MR) is 116 cm³/mol. The number of hydrogen-bond acceptors (Lipinski definition) is 6. The maximum Gasteiger partial charge on any atom is 0.338 e. The smallest absolute Gasteiger partial charge is 0.338 e. The summed E-state index contributed by atoms with van der Waals surface area (Å²) in [5.74, 6) is -0.508. The number of carbonyl (C=O) groups excluding carboxylic acids is 1. The second-order valence-corrected chi connectivity index (χ2v) is 9.87. The van der Waals surface area contributed by atoms with E-state index in [1.54, 1.807) is 0 Å². The molecule has 156 valence electrons. The fourth-order valence-electron chi connectivity index (χ4n) is 3.33. The van der Waals surface area contributed by atoms with E-state index in [0.29, 0.717) is 24.3 Å². The Morgan fingerprint density at radius 2 is 1.70 bits per heavy atom. The molecule has 1 aromatic heterocycles. The van der Waals surface area contributed by atoms with Crippen molar-refractivity contribution in [2.45, 2.75) is 30.8 Å². The molecule has 1 saturated heterocycles. The molecule has 6 nitrogen and oxygen atoms in total. The Kier molecular flexibility index (Phi) is 6.26. The lowest BCUT2D eigenvalue weighted by Crippen LogP contribution is -2.35. The highest BCUT2D eigenvalue weighted by Crippen LogP contribution is 2.24. The van der Waals surface area contributed by atoms with Crippen molar-refractivity contribution in [3.63, 3.8) is 0 Å². The summed E-state index contributed by atoms with van der Waals surface area (Å²) in [6.45, 7) is 1.16. The Bertz CT molecular complexity index is 1100. The minimum Gasteiger partial charge on any atom is -0.456 e. The molecule has 1 aliphatic rings. The van der Waals surface area contributed by atoms with Gasteiger partial charge in [-0.1, -0.05) is 36.8 Å². The molecule has 2 heterocycles. The summed E-state index contributed by atoms with van der Waals surface area (Å²) in [5.41, 5.74) is 2.01. The van der Waals surface area contributed by atoms with Crippen molar-refractivity contribution in [2.24, 2.45) is 0 Å². The van der Waals surface area contributed by atoms with Crippen molar-refractivity contribution in [2.75, 3.05) is 13.1 Å². The number of esters is 1. The number of carbonyl (C=O) groups is 1. The van der Waals surface area contributed by atoms with Crippen LogP contribution in [0.4, 0.5) is 0 Å². The summed E-state index contributed by atoms with van der Waals surface area (Å²) in [4.78, 5) is 17.1. The molecule has 0 amide bonds. The molecule has 0 spiro atoms. The van der Waals surface area contributed by atoms with Crippen molar-refractivity contribution in [3.8, 4) is 10.6 Å². The van der Waals surface area contributed by atoms with E-state index in [0.717, 1.165) is 29.8 Å². The molecule has 0 radical (unpaired) electrons. The molecule has 0 unspecified atom stereocenters. The summed E-state index contributed by atoms with van der Waals surface area (Å²) < 4.78 is 32.3. The number of thiazole rings is 1. The zero-order valence-electron chi connectivity index (χ0n) is 16.4. The Morgan fingerprint density at radius 3 is 2.40 bits per heavy atom. The van der Waals surface area contributed by atoms with Gasteiger partial charge >= 0.3 is 5.97 Å². The Morgan fingerprint density at radius 1 is 1.00 bits per heavy atom. The van der Waals surface area contributed by atoms with Gasteiger partial charge in [0.2, 0.25) is 10.0 Å². The van der Waals surface area contributed by atoms with E-state index in [9.17, 15) is 13.2 Å². The van der Waals surface area contributed by atoms with Crippen LogP contribution in [0.25, 0.3) is 10.6 Å². The molecule has 2 aromatic carbocycles. The SMILES string of the molecule is O=C(OCc1csc(-c2ccccc2)n1)c1ccc(S(=O)(=O)N2CCCCC2)cc1. The van der Waals surface area contributed by atoms with Gasteiger partial charge in [0, 0.05) is 24.0 Å². The molecule has 30 heavy (non-hydrogen) atoms. The van der Waals surface area contributed by atoms with Crippen molar-refractivity contribution in [3.05, 3.63) is 71.2 Å². The number of sulfonamides is 1. The minimum atomic E-state index is -3.51. The van der Waals surface area contributed by atoms with E-state index in [4.69, 9.17) is 4.74 Å². The first-order valence-corrected chi connectivity index (χ1v) is 12.1. The molecule has 4 rings (SSSR count). The van der Waals surface area contributed by atoms with Gasteiger partial charge in [0.25, 0.3) is 0 Å². The van der Waals surface area contributed by atoms with Gasteiger partial charge < -0.3 is 4.74 Å². The summed E-state index contributed by atoms with van der Waals surface area (Å²) >= 11 is 1.49. The van der Waals surface area contributed by atoms with Gasteiger partial charge in [-0.05, 0) is 37.1 Å². The maximum absolute atomic E-state index is 12.7. The minimum absolute atomic E-state index is 0.0655. The van der Waals surface area contributed by atoms with Gasteiger partial charge in [0.05, 0.1) is 16.2 Å². The van der Waals surface area contributed by atoms with Crippen LogP contribution in [0.1, 0.15) is 35.3 Å². The Balaban J connectivity index is 1.38. The summed E-state index contributed by atoms with van der Waals surface area (Å²) in [7, 11) is -3.51. The topological polar surface area (TPSA) is 76.6 Å². The lowest BCUT2D eigenvalue weighted by molar-refractivity contribution is 0.0468. The zero-order chi connectivity index (χ0) is 21.0. The van der Waals surface area contributed by atoms with Crippen LogP contribution in [0.15, 0.2) is 64.9 Å². The first kappa shape index (κ1) is 20.7. The third-order valence-corrected chi connectivity index (χ3v) is 7.82. The monoisotopic (exact) mass is 442 g/mol. The molecule has 3 aromatic rings. The standard InChI is InChI=1S/C22H22N2O4S2/c25-22(28-15-19-16-29-21(23-19)17-7-3-1-4-8-17)18-9-11-20(12-10-18)30(26,27)24-13-5-2-6-14-24/h1,3-4,7-12,16H,2,5-6,13-15H2. The zero-order valence-corrected chi connectivity index (χ0v) is 18.0. The quantitative estimate of drug-likeness (QED) is 0.531. The largest absolute Gasteiger partial charge is 0.456 e. The number of piperidine rings is 1. The first-order chi connectivity index (χ1) is 14.5. The third kappa shape index (κ3) is 4.61. The molecular formula is C22H22N2O4S2. The molecule has 0 bridgehead atoms. The second-order valence-electron chi connectivity index (χ2n) is 7.08. The van der Waals surface area contributed by atoms with E-state index < -0.39 is 16.0 Å². The van der Waals surface area contributed by atoms with Gasteiger partial charge in [-0.2, -0.15) is 4.31 Å². The van der Waals surface area contributed by atoms with Crippen molar-refractivity contribution in [1.82, 2.24) is 9.29 Å². The third-order valence-electron chi connectivity index (χ3n) is 4.97. The molecule has 0 N–H and O–H groups in total. The van der Waals surface area contributed by atoms with E-state index in [-0.39, 0.29) is 11.5 Å². The summed E-state index contributed by atoms with van der Waals surface area (Å²) in [6, 6.07) is 15.7. The molecule has 8 heteroatoms. The number of benzene rings is 2. The van der Waals surface area contributed by atoms with Crippen LogP contribution in [0.3, 0.4) is 0 Å².